The molecule has 5 nitrogen and oxygen atoms in total. The van der Waals surface area contributed by atoms with E-state index in [0.29, 0.717) is 0 Å². The van der Waals surface area contributed by atoms with Gasteiger partial charge >= 0.3 is 0 Å². The number of thiophene rings is 1. The first-order valence-electron chi connectivity index (χ1n) is 7.32. The predicted molar refractivity (Wildman–Crippen MR) is 95.2 cm³/mol. The van der Waals surface area contributed by atoms with Gasteiger partial charge in [0, 0.05) is 17.6 Å². The van der Waals surface area contributed by atoms with Crippen molar-refractivity contribution in [1.82, 2.24) is 9.97 Å². The average molecular weight is 326 g/mol. The second-order valence-electron chi connectivity index (χ2n) is 5.54. The maximum Gasteiger partial charge on any atom is 0.243 e. The number of aromatic nitrogens is 2. The van der Waals surface area contributed by atoms with Crippen molar-refractivity contribution in [2.45, 2.75) is 13.8 Å². The van der Waals surface area contributed by atoms with Crippen molar-refractivity contribution in [3.05, 3.63) is 47.1 Å². The van der Waals surface area contributed by atoms with Crippen LogP contribution in [-0.4, -0.2) is 29.5 Å². The third-order valence-corrected chi connectivity index (χ3v) is 4.47. The van der Waals surface area contributed by atoms with Gasteiger partial charge in [-0.1, -0.05) is 17.7 Å². The molecule has 1 aromatic carbocycles. The van der Waals surface area contributed by atoms with Crippen LogP contribution in [0.4, 0.5) is 11.5 Å². The van der Waals surface area contributed by atoms with Crippen LogP contribution in [0.2, 0.25) is 0 Å². The Balaban J connectivity index is 1.73. The summed E-state index contributed by atoms with van der Waals surface area (Å²) >= 11 is 1.63. The topological polar surface area (TPSA) is 58.1 Å². The fraction of sp³-hybridized carbons (Fsp3) is 0.235. The summed E-state index contributed by atoms with van der Waals surface area (Å²) < 4.78 is 0. The van der Waals surface area contributed by atoms with E-state index in [1.807, 2.05) is 50.1 Å². The maximum atomic E-state index is 12.2. The predicted octanol–water partition coefficient (Wildman–Crippen LogP) is 3.38. The van der Waals surface area contributed by atoms with Gasteiger partial charge in [0.2, 0.25) is 5.91 Å². The van der Waals surface area contributed by atoms with Gasteiger partial charge in [0.05, 0.1) is 11.9 Å². The van der Waals surface area contributed by atoms with E-state index in [1.165, 1.54) is 4.88 Å². The highest BCUT2D eigenvalue weighted by molar-refractivity contribution is 7.18. The van der Waals surface area contributed by atoms with E-state index < -0.39 is 0 Å². The molecule has 0 saturated heterocycles. The van der Waals surface area contributed by atoms with Crippen molar-refractivity contribution in [2.24, 2.45) is 0 Å². The van der Waals surface area contributed by atoms with Crippen LogP contribution >= 0.6 is 11.3 Å². The molecule has 23 heavy (non-hydrogen) atoms. The quantitative estimate of drug-likeness (QED) is 0.798. The number of fused-ring (bicyclic) bond motifs is 1. The molecule has 0 saturated carbocycles. The lowest BCUT2D eigenvalue weighted by Crippen LogP contribution is -2.30. The zero-order valence-corrected chi connectivity index (χ0v) is 14.1. The number of carbonyl (C=O) groups is 1. The molecule has 0 bridgehead atoms. The summed E-state index contributed by atoms with van der Waals surface area (Å²) in [5, 5.41) is 3.89. The highest BCUT2D eigenvalue weighted by atomic mass is 32.1. The van der Waals surface area contributed by atoms with Crippen LogP contribution in [-0.2, 0) is 4.79 Å². The zero-order valence-electron chi connectivity index (χ0n) is 13.3. The van der Waals surface area contributed by atoms with E-state index >= 15 is 0 Å². The summed E-state index contributed by atoms with van der Waals surface area (Å²) in [6.07, 6.45) is 1.54. The van der Waals surface area contributed by atoms with Crippen molar-refractivity contribution < 1.29 is 4.79 Å². The number of anilines is 2. The van der Waals surface area contributed by atoms with E-state index in [4.69, 9.17) is 0 Å². The van der Waals surface area contributed by atoms with Crippen LogP contribution in [0, 0.1) is 13.8 Å². The van der Waals surface area contributed by atoms with Crippen LogP contribution < -0.4 is 10.2 Å². The average Bonchev–Trinajstić information content (AvgIpc) is 2.89. The Morgan fingerprint density at radius 3 is 2.70 bits per heavy atom. The van der Waals surface area contributed by atoms with Gasteiger partial charge in [0.15, 0.2) is 0 Å². The molecule has 3 aromatic rings. The smallest absolute Gasteiger partial charge is 0.243 e. The summed E-state index contributed by atoms with van der Waals surface area (Å²) in [6.45, 7) is 4.29. The molecular weight excluding hydrogens is 308 g/mol. The number of rotatable bonds is 4. The van der Waals surface area contributed by atoms with Crippen molar-refractivity contribution in [2.75, 3.05) is 23.8 Å². The van der Waals surface area contributed by atoms with Gasteiger partial charge < -0.3 is 10.2 Å². The molecule has 0 unspecified atom stereocenters. The second kappa shape index (κ2) is 6.34. The minimum atomic E-state index is -0.0740. The van der Waals surface area contributed by atoms with Crippen molar-refractivity contribution in [3.63, 3.8) is 0 Å². The van der Waals surface area contributed by atoms with Crippen LogP contribution in [0.15, 0.2) is 36.7 Å². The SMILES string of the molecule is Cc1ccc(NC(=O)CN(C)c2ncnc3sc(C)cc23)cc1. The number of amides is 1. The Hall–Kier alpha value is -2.47. The van der Waals surface area contributed by atoms with Gasteiger partial charge in [-0.2, -0.15) is 0 Å². The molecule has 0 aliphatic carbocycles. The van der Waals surface area contributed by atoms with Gasteiger partial charge in [0.1, 0.15) is 17.0 Å². The molecule has 0 fully saturated rings. The van der Waals surface area contributed by atoms with Gasteiger partial charge in [-0.15, -0.1) is 11.3 Å². The van der Waals surface area contributed by atoms with E-state index in [-0.39, 0.29) is 12.5 Å². The first-order chi connectivity index (χ1) is 11.0. The molecule has 0 radical (unpaired) electrons. The highest BCUT2D eigenvalue weighted by Gasteiger charge is 2.14. The van der Waals surface area contributed by atoms with Gasteiger partial charge in [0.25, 0.3) is 0 Å². The number of hydrogen-bond acceptors (Lipinski definition) is 5. The fourth-order valence-corrected chi connectivity index (χ4v) is 3.24. The number of benzene rings is 1. The second-order valence-corrected chi connectivity index (χ2v) is 6.78. The monoisotopic (exact) mass is 326 g/mol. The number of aryl methyl sites for hydroxylation is 2. The van der Waals surface area contributed by atoms with Crippen molar-refractivity contribution >= 4 is 39.0 Å². The Kier molecular flexibility index (Phi) is 4.25. The molecule has 3 rings (SSSR count). The number of likely N-dealkylation sites (N-methyl/N-ethyl adjacent to an activating group) is 1. The standard InChI is InChI=1S/C17H18N4OS/c1-11-4-6-13(7-5-11)20-15(22)9-21(3)16-14-8-12(2)23-17(14)19-10-18-16/h4-8,10H,9H2,1-3H3,(H,20,22). The highest BCUT2D eigenvalue weighted by Crippen LogP contribution is 2.29. The third kappa shape index (κ3) is 3.48. The van der Waals surface area contributed by atoms with Crippen LogP contribution in [0.3, 0.4) is 0 Å². The van der Waals surface area contributed by atoms with E-state index in [0.717, 1.165) is 27.3 Å². The lowest BCUT2D eigenvalue weighted by molar-refractivity contribution is -0.114. The normalized spacial score (nSPS) is 10.7. The molecule has 0 spiro atoms. The molecule has 1 N–H and O–H groups in total. The lowest BCUT2D eigenvalue weighted by atomic mass is 10.2. The van der Waals surface area contributed by atoms with E-state index in [9.17, 15) is 4.79 Å². The summed E-state index contributed by atoms with van der Waals surface area (Å²) in [4.78, 5) is 24.8. The minimum absolute atomic E-state index is 0.0740. The van der Waals surface area contributed by atoms with Crippen LogP contribution in [0.1, 0.15) is 10.4 Å². The molecule has 6 heteroatoms. The molecule has 1 amide bonds. The van der Waals surface area contributed by atoms with Crippen LogP contribution in [0.5, 0.6) is 0 Å². The molecule has 0 atom stereocenters. The fourth-order valence-electron chi connectivity index (χ4n) is 2.40. The third-order valence-electron chi connectivity index (χ3n) is 3.51. The first-order valence-corrected chi connectivity index (χ1v) is 8.13. The zero-order chi connectivity index (χ0) is 16.4. The molecule has 0 aliphatic heterocycles. The Morgan fingerprint density at radius 2 is 1.96 bits per heavy atom. The Morgan fingerprint density at radius 1 is 1.22 bits per heavy atom. The molecule has 0 aliphatic rings. The maximum absolute atomic E-state index is 12.2. The number of hydrogen-bond donors (Lipinski definition) is 1. The molecule has 118 valence electrons. The summed E-state index contributed by atoms with van der Waals surface area (Å²) in [5.74, 6) is 0.702. The summed E-state index contributed by atoms with van der Waals surface area (Å²) in [7, 11) is 1.86. The molecule has 2 aromatic heterocycles. The molecular formula is C17H18N4OS. The van der Waals surface area contributed by atoms with Crippen molar-refractivity contribution in [1.29, 1.82) is 0 Å². The van der Waals surface area contributed by atoms with Gasteiger partial charge in [-0.3, -0.25) is 4.79 Å². The lowest BCUT2D eigenvalue weighted by Gasteiger charge is -2.18. The van der Waals surface area contributed by atoms with Gasteiger partial charge in [-0.25, -0.2) is 9.97 Å². The first kappa shape index (κ1) is 15.4. The summed E-state index contributed by atoms with van der Waals surface area (Å²) in [5.41, 5.74) is 1.96. The minimum Gasteiger partial charge on any atom is -0.350 e. The Bertz CT molecular complexity index is 841. The van der Waals surface area contributed by atoms with Crippen LogP contribution in [0.25, 0.3) is 10.2 Å². The van der Waals surface area contributed by atoms with E-state index in [2.05, 4.69) is 21.4 Å². The molecule has 2 heterocycles. The Labute approximate surface area is 139 Å². The van der Waals surface area contributed by atoms with Crippen molar-refractivity contribution in [3.8, 4) is 0 Å². The number of nitrogens with zero attached hydrogens (tertiary/aromatic N) is 3. The van der Waals surface area contributed by atoms with E-state index in [1.54, 1.807) is 17.7 Å². The largest absolute Gasteiger partial charge is 0.350 e. The number of carbonyl (C=O) groups excluding carboxylic acids is 1. The summed E-state index contributed by atoms with van der Waals surface area (Å²) in [6, 6.07) is 9.81. The van der Waals surface area contributed by atoms with Gasteiger partial charge in [-0.05, 0) is 32.0 Å². The number of nitrogens with one attached hydrogen (secondary N) is 1.